The summed E-state index contributed by atoms with van der Waals surface area (Å²) in [5.74, 6) is -1.98. The molecular weight excluding hydrogens is 338 g/mol. The highest BCUT2D eigenvalue weighted by Crippen LogP contribution is 2.31. The van der Waals surface area contributed by atoms with Crippen molar-refractivity contribution in [3.05, 3.63) is 28.8 Å². The van der Waals surface area contributed by atoms with Crippen molar-refractivity contribution < 1.29 is 27.4 Å². The molecule has 0 saturated heterocycles. The van der Waals surface area contributed by atoms with Gasteiger partial charge in [-0.3, -0.25) is 0 Å². The van der Waals surface area contributed by atoms with E-state index in [9.17, 15) is 22.7 Å². The van der Waals surface area contributed by atoms with Gasteiger partial charge < -0.3 is 14.7 Å². The number of hydrogen-bond donors (Lipinski definition) is 1. The molecule has 0 aliphatic heterocycles. The Morgan fingerprint density at radius 3 is 1.88 bits per heavy atom. The van der Waals surface area contributed by atoms with Crippen molar-refractivity contribution in [3.63, 3.8) is 0 Å². The minimum absolute atomic E-state index is 0.229. The molecule has 0 radical (unpaired) electrons. The van der Waals surface area contributed by atoms with Crippen molar-refractivity contribution in [2.45, 2.75) is 39.2 Å². The molecule has 0 amide bonds. The first-order valence-corrected chi connectivity index (χ1v) is 8.05. The van der Waals surface area contributed by atoms with Gasteiger partial charge in [-0.2, -0.15) is 0 Å². The summed E-state index contributed by atoms with van der Waals surface area (Å²) in [5, 5.41) is 9.84. The molecule has 3 nitrogen and oxygen atoms in total. The van der Waals surface area contributed by atoms with Gasteiger partial charge in [0.2, 0.25) is 0 Å². The fourth-order valence-electron chi connectivity index (χ4n) is 2.40. The standard InChI is InChI=1S/C18H23F4NO2/c1-5-9-23(10-6-2)17-15(21)13(19)12(14(20)16(17)22)7-8-18(3,24)11-25-4/h24H,5-6,9-11H2,1-4H3. The van der Waals surface area contributed by atoms with Crippen LogP contribution in [0.5, 0.6) is 0 Å². The number of methoxy groups -OCH3 is 1. The summed E-state index contributed by atoms with van der Waals surface area (Å²) in [6.45, 7) is 5.13. The molecule has 1 aromatic rings. The largest absolute Gasteiger partial charge is 0.381 e. The molecule has 1 rings (SSSR count). The predicted octanol–water partition coefficient (Wildman–Crippen LogP) is 3.62. The van der Waals surface area contributed by atoms with E-state index in [1.165, 1.54) is 18.9 Å². The van der Waals surface area contributed by atoms with Crippen molar-refractivity contribution in [1.82, 2.24) is 0 Å². The van der Waals surface area contributed by atoms with Crippen LogP contribution in [0, 0.1) is 35.1 Å². The second-order valence-electron chi connectivity index (χ2n) is 5.92. The molecule has 0 fully saturated rings. The van der Waals surface area contributed by atoms with Crippen molar-refractivity contribution in [2.24, 2.45) is 0 Å². The van der Waals surface area contributed by atoms with E-state index in [4.69, 9.17) is 4.74 Å². The zero-order valence-electron chi connectivity index (χ0n) is 14.9. The molecule has 0 saturated carbocycles. The van der Waals surface area contributed by atoms with Crippen molar-refractivity contribution in [1.29, 1.82) is 0 Å². The molecule has 1 atom stereocenters. The van der Waals surface area contributed by atoms with Crippen LogP contribution in [-0.4, -0.2) is 37.5 Å². The third-order valence-electron chi connectivity index (χ3n) is 3.43. The van der Waals surface area contributed by atoms with Crippen LogP contribution in [0.2, 0.25) is 0 Å². The highest BCUT2D eigenvalue weighted by atomic mass is 19.2. The van der Waals surface area contributed by atoms with E-state index < -0.39 is 40.1 Å². The minimum Gasteiger partial charge on any atom is -0.381 e. The van der Waals surface area contributed by atoms with Crippen LogP contribution in [0.4, 0.5) is 23.2 Å². The predicted molar refractivity (Wildman–Crippen MR) is 88.4 cm³/mol. The monoisotopic (exact) mass is 361 g/mol. The van der Waals surface area contributed by atoms with Gasteiger partial charge >= 0.3 is 0 Å². The van der Waals surface area contributed by atoms with Gasteiger partial charge in [-0.1, -0.05) is 25.7 Å². The number of ether oxygens (including phenoxy) is 1. The number of aliphatic hydroxyl groups is 1. The maximum absolute atomic E-state index is 14.4. The normalized spacial score (nSPS) is 13.2. The van der Waals surface area contributed by atoms with E-state index in [1.807, 2.05) is 5.92 Å². The molecule has 25 heavy (non-hydrogen) atoms. The second-order valence-corrected chi connectivity index (χ2v) is 5.92. The molecule has 1 unspecified atom stereocenters. The number of hydrogen-bond acceptors (Lipinski definition) is 3. The fourth-order valence-corrected chi connectivity index (χ4v) is 2.40. The molecule has 0 spiro atoms. The SMILES string of the molecule is CCCN(CCC)c1c(F)c(F)c(C#CC(C)(O)COC)c(F)c1F. The summed E-state index contributed by atoms with van der Waals surface area (Å²) < 4.78 is 62.1. The quantitative estimate of drug-likeness (QED) is 0.457. The number of anilines is 1. The molecule has 0 aliphatic carbocycles. The Morgan fingerprint density at radius 1 is 1.00 bits per heavy atom. The van der Waals surface area contributed by atoms with Crippen LogP contribution in [0.25, 0.3) is 0 Å². The van der Waals surface area contributed by atoms with Gasteiger partial charge in [0.1, 0.15) is 16.9 Å². The summed E-state index contributed by atoms with van der Waals surface area (Å²) in [6, 6.07) is 0. The Labute approximate surface area is 145 Å². The van der Waals surface area contributed by atoms with Crippen LogP contribution < -0.4 is 4.90 Å². The maximum Gasteiger partial charge on any atom is 0.186 e. The molecule has 0 bridgehead atoms. The lowest BCUT2D eigenvalue weighted by Gasteiger charge is -2.25. The van der Waals surface area contributed by atoms with Crippen molar-refractivity contribution >= 4 is 5.69 Å². The molecule has 0 aliphatic rings. The van der Waals surface area contributed by atoms with Crippen LogP contribution >= 0.6 is 0 Å². The molecule has 1 aromatic carbocycles. The average molecular weight is 361 g/mol. The zero-order valence-corrected chi connectivity index (χ0v) is 14.9. The number of halogens is 4. The molecule has 1 N–H and O–H groups in total. The van der Waals surface area contributed by atoms with E-state index in [0.29, 0.717) is 12.8 Å². The second kappa shape index (κ2) is 9.07. The van der Waals surface area contributed by atoms with E-state index in [0.717, 1.165) is 0 Å². The van der Waals surface area contributed by atoms with Gasteiger partial charge in [-0.15, -0.1) is 0 Å². The lowest BCUT2D eigenvalue weighted by Crippen LogP contribution is -2.28. The number of rotatable bonds is 7. The van der Waals surface area contributed by atoms with Gasteiger partial charge in [-0.05, 0) is 19.8 Å². The third kappa shape index (κ3) is 5.10. The topological polar surface area (TPSA) is 32.7 Å². The van der Waals surface area contributed by atoms with E-state index in [1.54, 1.807) is 13.8 Å². The van der Waals surface area contributed by atoms with Gasteiger partial charge in [-0.25, -0.2) is 17.6 Å². The van der Waals surface area contributed by atoms with Crippen LogP contribution in [0.3, 0.4) is 0 Å². The lowest BCUT2D eigenvalue weighted by molar-refractivity contribution is 0.0274. The fraction of sp³-hybridized carbons (Fsp3) is 0.556. The Kier molecular flexibility index (Phi) is 7.71. The maximum atomic E-state index is 14.4. The average Bonchev–Trinajstić information content (AvgIpc) is 2.53. The Hall–Kier alpha value is -1.78. The summed E-state index contributed by atoms with van der Waals surface area (Å²) in [5.41, 5.74) is -3.49. The third-order valence-corrected chi connectivity index (χ3v) is 3.43. The highest BCUT2D eigenvalue weighted by molar-refractivity contribution is 5.55. The molecule has 140 valence electrons. The van der Waals surface area contributed by atoms with Crippen LogP contribution in [-0.2, 0) is 4.74 Å². The molecular formula is C18H23F4NO2. The molecule has 7 heteroatoms. The van der Waals surface area contributed by atoms with Gasteiger partial charge in [0.15, 0.2) is 23.3 Å². The van der Waals surface area contributed by atoms with Crippen molar-refractivity contribution in [2.75, 3.05) is 31.7 Å². The summed E-state index contributed by atoms with van der Waals surface area (Å²) in [7, 11) is 1.31. The summed E-state index contributed by atoms with van der Waals surface area (Å²) in [6.07, 6.45) is 1.12. The van der Waals surface area contributed by atoms with E-state index in [-0.39, 0.29) is 19.7 Å². The Balaban J connectivity index is 3.46. The first kappa shape index (κ1) is 21.3. The Bertz CT molecular complexity index is 630. The minimum atomic E-state index is -1.71. The summed E-state index contributed by atoms with van der Waals surface area (Å²) in [4.78, 5) is 1.27. The highest BCUT2D eigenvalue weighted by Gasteiger charge is 2.28. The van der Waals surface area contributed by atoms with E-state index >= 15 is 0 Å². The van der Waals surface area contributed by atoms with Crippen molar-refractivity contribution in [3.8, 4) is 11.8 Å². The number of nitrogens with zero attached hydrogens (tertiary/aromatic N) is 1. The van der Waals surface area contributed by atoms with Gasteiger partial charge in [0.25, 0.3) is 0 Å². The first-order chi connectivity index (χ1) is 11.7. The lowest BCUT2D eigenvalue weighted by atomic mass is 10.1. The smallest absolute Gasteiger partial charge is 0.186 e. The van der Waals surface area contributed by atoms with E-state index in [2.05, 4.69) is 5.92 Å². The Morgan fingerprint density at radius 2 is 1.48 bits per heavy atom. The van der Waals surface area contributed by atoms with Crippen LogP contribution in [0.1, 0.15) is 39.2 Å². The molecule has 0 heterocycles. The first-order valence-electron chi connectivity index (χ1n) is 8.05. The van der Waals surface area contributed by atoms with Crippen LogP contribution in [0.15, 0.2) is 0 Å². The van der Waals surface area contributed by atoms with Gasteiger partial charge in [0.05, 0.1) is 6.61 Å². The molecule has 0 aromatic heterocycles. The number of benzene rings is 1. The zero-order chi connectivity index (χ0) is 19.2. The summed E-state index contributed by atoms with van der Waals surface area (Å²) >= 11 is 0. The van der Waals surface area contributed by atoms with Gasteiger partial charge in [0, 0.05) is 20.2 Å².